The molecule has 1 aromatic rings. The van der Waals surface area contributed by atoms with Crippen LogP contribution in [0.15, 0.2) is 6.20 Å². The van der Waals surface area contributed by atoms with Crippen molar-refractivity contribution in [2.24, 2.45) is 5.92 Å². The van der Waals surface area contributed by atoms with Crippen molar-refractivity contribution in [3.63, 3.8) is 0 Å². The molecule has 0 spiro atoms. The largest absolute Gasteiger partial charge is 0.379 e. The van der Waals surface area contributed by atoms with Crippen LogP contribution >= 0.6 is 11.3 Å². The van der Waals surface area contributed by atoms with Gasteiger partial charge in [0.1, 0.15) is 0 Å². The lowest BCUT2D eigenvalue weighted by Crippen LogP contribution is -2.43. The number of nitrogens with zero attached hydrogens (tertiary/aromatic N) is 2. The van der Waals surface area contributed by atoms with E-state index in [0.717, 1.165) is 24.8 Å². The molecule has 1 fully saturated rings. The fourth-order valence-corrected chi connectivity index (χ4v) is 3.28. The molecule has 0 aromatic carbocycles. The van der Waals surface area contributed by atoms with E-state index in [4.69, 9.17) is 4.74 Å². The third-order valence-electron chi connectivity index (χ3n) is 3.80. The highest BCUT2D eigenvalue weighted by molar-refractivity contribution is 7.15. The van der Waals surface area contributed by atoms with Crippen LogP contribution in [0.25, 0.3) is 0 Å². The van der Waals surface area contributed by atoms with Gasteiger partial charge in [-0.2, -0.15) is 0 Å². The van der Waals surface area contributed by atoms with Crippen molar-refractivity contribution in [3.8, 4) is 0 Å². The van der Waals surface area contributed by atoms with Crippen molar-refractivity contribution < 1.29 is 4.74 Å². The van der Waals surface area contributed by atoms with Crippen molar-refractivity contribution in [2.45, 2.75) is 52.3 Å². The van der Waals surface area contributed by atoms with E-state index in [-0.39, 0.29) is 5.54 Å². The highest BCUT2D eigenvalue weighted by Crippen LogP contribution is 2.28. The van der Waals surface area contributed by atoms with E-state index in [2.05, 4.69) is 42.9 Å². The molecule has 2 atom stereocenters. The van der Waals surface area contributed by atoms with Crippen molar-refractivity contribution in [3.05, 3.63) is 11.1 Å². The second-order valence-corrected chi connectivity index (χ2v) is 7.79. The third kappa shape index (κ3) is 4.17. The molecule has 2 heterocycles. The van der Waals surface area contributed by atoms with Gasteiger partial charge in [0.05, 0.1) is 6.10 Å². The van der Waals surface area contributed by atoms with Gasteiger partial charge in [0.2, 0.25) is 0 Å². The molecule has 1 aliphatic rings. The molecule has 0 aliphatic carbocycles. The van der Waals surface area contributed by atoms with Crippen LogP contribution in [0.2, 0.25) is 0 Å². The molecule has 5 heteroatoms. The highest BCUT2D eigenvalue weighted by Gasteiger charge is 2.27. The van der Waals surface area contributed by atoms with Gasteiger partial charge >= 0.3 is 0 Å². The maximum Gasteiger partial charge on any atom is 0.185 e. The molecule has 0 bridgehead atoms. The summed E-state index contributed by atoms with van der Waals surface area (Å²) in [5, 5.41) is 4.64. The lowest BCUT2D eigenvalue weighted by Gasteiger charge is -2.36. The molecule has 4 nitrogen and oxygen atoms in total. The van der Waals surface area contributed by atoms with Gasteiger partial charge in [-0.1, -0.05) is 6.92 Å². The van der Waals surface area contributed by atoms with E-state index in [1.165, 1.54) is 11.3 Å². The highest BCUT2D eigenvalue weighted by atomic mass is 32.1. The van der Waals surface area contributed by atoms with Crippen LogP contribution in [0.3, 0.4) is 0 Å². The Hall–Kier alpha value is -0.650. The Labute approximate surface area is 126 Å². The summed E-state index contributed by atoms with van der Waals surface area (Å²) in [7, 11) is 1.81. The van der Waals surface area contributed by atoms with E-state index >= 15 is 0 Å². The summed E-state index contributed by atoms with van der Waals surface area (Å²) >= 11 is 1.79. The molecule has 1 aromatic heterocycles. The zero-order valence-corrected chi connectivity index (χ0v) is 14.1. The van der Waals surface area contributed by atoms with Crippen molar-refractivity contribution in [2.75, 3.05) is 25.1 Å². The molecular weight excluding hydrogens is 270 g/mol. The van der Waals surface area contributed by atoms with Gasteiger partial charge in [-0.15, -0.1) is 11.3 Å². The number of rotatable bonds is 4. The fraction of sp³-hybridized carbons (Fsp3) is 0.800. The van der Waals surface area contributed by atoms with Crippen molar-refractivity contribution in [1.82, 2.24) is 10.3 Å². The Kier molecular flexibility index (Phi) is 5.04. The quantitative estimate of drug-likeness (QED) is 0.927. The summed E-state index contributed by atoms with van der Waals surface area (Å²) in [6, 6.07) is 0. The molecule has 1 saturated heterocycles. The molecule has 2 unspecified atom stereocenters. The van der Waals surface area contributed by atoms with Crippen LogP contribution in [-0.2, 0) is 11.3 Å². The van der Waals surface area contributed by atoms with Crippen molar-refractivity contribution in [1.29, 1.82) is 0 Å². The molecule has 0 amide bonds. The normalized spacial score (nSPS) is 24.1. The number of anilines is 1. The molecule has 114 valence electrons. The lowest BCUT2D eigenvalue weighted by atomic mass is 9.96. The Morgan fingerprint density at radius 3 is 2.90 bits per heavy atom. The number of hydrogen-bond acceptors (Lipinski definition) is 5. The Morgan fingerprint density at radius 1 is 1.50 bits per heavy atom. The Bertz CT molecular complexity index is 427. The second-order valence-electron chi connectivity index (χ2n) is 6.70. The average Bonchev–Trinajstić information content (AvgIpc) is 2.85. The molecule has 0 saturated carbocycles. The molecule has 2 rings (SSSR count). The zero-order valence-electron chi connectivity index (χ0n) is 13.3. The SMILES string of the molecule is COC1CN(c2ncc(CNC(C)(C)C)s2)CCC1C. The van der Waals surface area contributed by atoms with Crippen LogP contribution in [-0.4, -0.2) is 36.8 Å². The van der Waals surface area contributed by atoms with Gasteiger partial charge in [0.25, 0.3) is 0 Å². The first-order chi connectivity index (χ1) is 9.39. The van der Waals surface area contributed by atoms with E-state index in [1.807, 2.05) is 13.3 Å². The van der Waals surface area contributed by atoms with Crippen molar-refractivity contribution >= 4 is 16.5 Å². The van der Waals surface area contributed by atoms with E-state index in [0.29, 0.717) is 12.0 Å². The van der Waals surface area contributed by atoms with Gasteiger partial charge in [-0.05, 0) is 33.1 Å². The van der Waals surface area contributed by atoms with Crippen LogP contribution in [0.5, 0.6) is 0 Å². The second kappa shape index (κ2) is 6.41. The number of ether oxygens (including phenoxy) is 1. The minimum atomic E-state index is 0.145. The number of thiazole rings is 1. The predicted octanol–water partition coefficient (Wildman–Crippen LogP) is 2.89. The van der Waals surface area contributed by atoms with Crippen LogP contribution < -0.4 is 10.2 Å². The predicted molar refractivity (Wildman–Crippen MR) is 85.5 cm³/mol. The topological polar surface area (TPSA) is 37.4 Å². The lowest BCUT2D eigenvalue weighted by molar-refractivity contribution is 0.0498. The summed E-state index contributed by atoms with van der Waals surface area (Å²) in [5.74, 6) is 0.637. The maximum absolute atomic E-state index is 5.58. The third-order valence-corrected chi connectivity index (χ3v) is 4.86. The zero-order chi connectivity index (χ0) is 14.8. The monoisotopic (exact) mass is 297 g/mol. The first-order valence-corrected chi connectivity index (χ1v) is 8.18. The molecule has 1 aliphatic heterocycles. The van der Waals surface area contributed by atoms with Crippen LogP contribution in [0.4, 0.5) is 5.13 Å². The Morgan fingerprint density at radius 2 is 2.25 bits per heavy atom. The van der Waals surface area contributed by atoms with Gasteiger partial charge in [-0.25, -0.2) is 4.98 Å². The first kappa shape index (κ1) is 15.7. The number of nitrogens with one attached hydrogen (secondary N) is 1. The average molecular weight is 297 g/mol. The summed E-state index contributed by atoms with van der Waals surface area (Å²) in [6.45, 7) is 11.8. The molecular formula is C15H27N3OS. The van der Waals surface area contributed by atoms with E-state index in [1.54, 1.807) is 11.3 Å². The smallest absolute Gasteiger partial charge is 0.185 e. The summed E-state index contributed by atoms with van der Waals surface area (Å²) < 4.78 is 5.58. The molecule has 0 radical (unpaired) electrons. The standard InChI is InChI=1S/C15H27N3OS/c1-11-6-7-18(10-13(11)19-5)14-16-8-12(20-14)9-17-15(2,3)4/h8,11,13,17H,6-7,9-10H2,1-5H3. The molecule has 1 N–H and O–H groups in total. The van der Waals surface area contributed by atoms with Gasteiger partial charge in [-0.3, -0.25) is 0 Å². The number of hydrogen-bond donors (Lipinski definition) is 1. The number of methoxy groups -OCH3 is 1. The fourth-order valence-electron chi connectivity index (χ4n) is 2.39. The summed E-state index contributed by atoms with van der Waals surface area (Å²) in [5.41, 5.74) is 0.145. The number of aromatic nitrogens is 1. The summed E-state index contributed by atoms with van der Waals surface area (Å²) in [6.07, 6.45) is 3.50. The molecule has 20 heavy (non-hydrogen) atoms. The van der Waals surface area contributed by atoms with Crippen LogP contribution in [0, 0.1) is 5.92 Å². The maximum atomic E-state index is 5.58. The minimum absolute atomic E-state index is 0.145. The Balaban J connectivity index is 1.95. The minimum Gasteiger partial charge on any atom is -0.379 e. The van der Waals surface area contributed by atoms with Crippen LogP contribution in [0.1, 0.15) is 39.0 Å². The number of piperidine rings is 1. The van der Waals surface area contributed by atoms with Gasteiger partial charge in [0.15, 0.2) is 5.13 Å². The van der Waals surface area contributed by atoms with Gasteiger partial charge in [0, 0.05) is 43.4 Å². The first-order valence-electron chi connectivity index (χ1n) is 7.36. The van der Waals surface area contributed by atoms with Gasteiger partial charge < -0.3 is 15.0 Å². The van der Waals surface area contributed by atoms with E-state index < -0.39 is 0 Å². The van der Waals surface area contributed by atoms with E-state index in [9.17, 15) is 0 Å². The summed E-state index contributed by atoms with van der Waals surface area (Å²) in [4.78, 5) is 8.24.